The van der Waals surface area contributed by atoms with E-state index in [1.807, 2.05) is 54.2 Å². The molecule has 0 saturated heterocycles. The molecule has 48 heavy (non-hydrogen) atoms. The third kappa shape index (κ3) is 5.65. The Balaban J connectivity index is 0.00000364. The first-order chi connectivity index (χ1) is 23.0. The van der Waals surface area contributed by atoms with E-state index in [-0.39, 0.29) is 32.8 Å². The summed E-state index contributed by atoms with van der Waals surface area (Å²) in [5.74, 6) is 1.99. The summed E-state index contributed by atoms with van der Waals surface area (Å²) in [6.07, 6.45) is 2.79. The molecule has 0 saturated carbocycles. The van der Waals surface area contributed by atoms with Gasteiger partial charge in [0, 0.05) is 61.3 Å². The van der Waals surface area contributed by atoms with Crippen LogP contribution in [0.25, 0.3) is 27.6 Å². The third-order valence-electron chi connectivity index (χ3n) is 8.72. The van der Waals surface area contributed by atoms with Crippen molar-refractivity contribution in [2.75, 3.05) is 9.80 Å². The van der Waals surface area contributed by atoms with Crippen molar-refractivity contribution in [2.45, 2.75) is 33.1 Å². The fourth-order valence-electron chi connectivity index (χ4n) is 6.30. The van der Waals surface area contributed by atoms with Crippen molar-refractivity contribution < 1.29 is 30.2 Å². The molecule has 0 spiro atoms. The third-order valence-corrected chi connectivity index (χ3v) is 8.72. The molecule has 8 rings (SSSR count). The Morgan fingerprint density at radius 2 is 1.58 bits per heavy atom. The number of anilines is 4. The van der Waals surface area contributed by atoms with E-state index >= 15 is 0 Å². The normalized spacial score (nSPS) is 12.5. The standard InChI is InChI=1S/C41H32FN4O.Pt/c1-4-28-18-19-43-41(20-28)46-37-13-6-5-12-35(37)36-17-16-33(25-40(36)46)47-34-22-29(27(2)3)21-32(24-34)45-26-44(31-11-9-10-30(42)23-31)38-14-7-8-15-39(38)45;/h5-23,26-27H,4H2,1-3H3;/q-3;. The van der Waals surface area contributed by atoms with E-state index in [1.165, 1.54) is 11.6 Å². The summed E-state index contributed by atoms with van der Waals surface area (Å²) in [6.45, 7) is 8.46. The van der Waals surface area contributed by atoms with Gasteiger partial charge in [-0.15, -0.1) is 53.6 Å². The number of benzene rings is 5. The van der Waals surface area contributed by atoms with Gasteiger partial charge in [0.05, 0.1) is 0 Å². The minimum Gasteiger partial charge on any atom is -0.509 e. The Morgan fingerprint density at radius 3 is 2.38 bits per heavy atom. The van der Waals surface area contributed by atoms with E-state index < -0.39 is 0 Å². The monoisotopic (exact) mass is 810 g/mol. The van der Waals surface area contributed by atoms with Crippen LogP contribution in [0.2, 0.25) is 0 Å². The Kier molecular flexibility index (Phi) is 8.53. The van der Waals surface area contributed by atoms with Crippen molar-refractivity contribution in [1.29, 1.82) is 0 Å². The molecule has 0 atom stereocenters. The molecule has 3 heterocycles. The van der Waals surface area contributed by atoms with Gasteiger partial charge in [0.15, 0.2) is 0 Å². The van der Waals surface area contributed by atoms with Gasteiger partial charge in [0.2, 0.25) is 0 Å². The van der Waals surface area contributed by atoms with Gasteiger partial charge in [-0.1, -0.05) is 62.7 Å². The number of pyridine rings is 1. The molecule has 0 aliphatic carbocycles. The van der Waals surface area contributed by atoms with Crippen LogP contribution in [0.3, 0.4) is 0 Å². The molecule has 1 aliphatic rings. The molecule has 0 radical (unpaired) electrons. The summed E-state index contributed by atoms with van der Waals surface area (Å²) in [4.78, 5) is 8.82. The van der Waals surface area contributed by atoms with Crippen molar-refractivity contribution in [3.63, 3.8) is 0 Å². The van der Waals surface area contributed by atoms with Gasteiger partial charge >= 0.3 is 0 Å². The number of hydrogen-bond acceptors (Lipinski definition) is 4. The fourth-order valence-corrected chi connectivity index (χ4v) is 6.30. The van der Waals surface area contributed by atoms with Crippen molar-refractivity contribution in [1.82, 2.24) is 9.55 Å². The maximum Gasteiger partial charge on any atom is 0.135 e. The van der Waals surface area contributed by atoms with Crippen LogP contribution in [0, 0.1) is 24.6 Å². The predicted octanol–water partition coefficient (Wildman–Crippen LogP) is 10.8. The summed E-state index contributed by atoms with van der Waals surface area (Å²) in [5.41, 5.74) is 7.80. The molecule has 0 amide bonds. The number of rotatable bonds is 7. The average molecular weight is 811 g/mol. The quantitative estimate of drug-likeness (QED) is 0.150. The second-order valence-electron chi connectivity index (χ2n) is 12.1. The van der Waals surface area contributed by atoms with Crippen LogP contribution in [0.15, 0.2) is 115 Å². The molecule has 242 valence electrons. The summed E-state index contributed by atoms with van der Waals surface area (Å²) in [5, 5.41) is 2.22. The van der Waals surface area contributed by atoms with Crippen LogP contribution in [0.5, 0.6) is 11.5 Å². The Hall–Kier alpha value is -4.93. The van der Waals surface area contributed by atoms with Gasteiger partial charge < -0.3 is 19.1 Å². The van der Waals surface area contributed by atoms with Crippen LogP contribution in [-0.2, 0) is 27.5 Å². The smallest absolute Gasteiger partial charge is 0.135 e. The first kappa shape index (κ1) is 31.7. The zero-order chi connectivity index (χ0) is 32.1. The summed E-state index contributed by atoms with van der Waals surface area (Å²) in [6, 6.07) is 42.6. The SMILES string of the molecule is CCc1ccnc(-n2c3[c-]c(Oc4[c-]c(N5[CH-]N(c6cccc(F)c6)c6ccccc65)cc(C(C)C)c4)ccc3c3ccccc32)c1.[Pt]. The van der Waals surface area contributed by atoms with E-state index in [1.54, 1.807) is 12.1 Å². The average Bonchev–Trinajstić information content (AvgIpc) is 3.64. The topological polar surface area (TPSA) is 33.5 Å². The molecule has 1 aliphatic heterocycles. The number of aromatic nitrogens is 2. The largest absolute Gasteiger partial charge is 0.509 e. The molecule has 0 fully saturated rings. The minimum atomic E-state index is -0.281. The number of halogens is 1. The van der Waals surface area contributed by atoms with Gasteiger partial charge in [-0.2, -0.15) is 6.07 Å². The van der Waals surface area contributed by atoms with Gasteiger partial charge in [-0.05, 0) is 71.8 Å². The van der Waals surface area contributed by atoms with Gasteiger partial charge in [-0.3, -0.25) is 0 Å². The number of hydrogen-bond donors (Lipinski definition) is 0. The molecule has 0 unspecified atom stereocenters. The molecule has 5 nitrogen and oxygen atoms in total. The van der Waals surface area contributed by atoms with Crippen molar-refractivity contribution >= 4 is 44.6 Å². The Morgan fingerprint density at radius 1 is 0.792 bits per heavy atom. The van der Waals surface area contributed by atoms with Gasteiger partial charge in [-0.25, -0.2) is 9.37 Å². The van der Waals surface area contributed by atoms with E-state index in [9.17, 15) is 4.39 Å². The van der Waals surface area contributed by atoms with Gasteiger partial charge in [0.25, 0.3) is 0 Å². The van der Waals surface area contributed by atoms with E-state index in [0.717, 1.165) is 62.4 Å². The summed E-state index contributed by atoms with van der Waals surface area (Å²) < 4.78 is 23.0. The first-order valence-corrected chi connectivity index (χ1v) is 15.9. The zero-order valence-electron chi connectivity index (χ0n) is 26.7. The number of nitrogens with zero attached hydrogens (tertiary/aromatic N) is 4. The molecule has 0 N–H and O–H groups in total. The molecule has 0 bridgehead atoms. The van der Waals surface area contributed by atoms with Crippen LogP contribution in [0.4, 0.5) is 27.1 Å². The van der Waals surface area contributed by atoms with Crippen LogP contribution < -0.4 is 14.5 Å². The fraction of sp³-hybridized carbons (Fsp3) is 0.122. The molecule has 5 aromatic carbocycles. The van der Waals surface area contributed by atoms with Crippen LogP contribution in [-0.4, -0.2) is 9.55 Å². The second-order valence-corrected chi connectivity index (χ2v) is 12.1. The number of fused-ring (bicyclic) bond motifs is 4. The number of ether oxygens (including phenoxy) is 1. The van der Waals surface area contributed by atoms with E-state index in [0.29, 0.717) is 11.5 Å². The summed E-state index contributed by atoms with van der Waals surface area (Å²) in [7, 11) is 0. The molecule has 7 heteroatoms. The second kappa shape index (κ2) is 12.9. The zero-order valence-corrected chi connectivity index (χ0v) is 29.0. The predicted molar refractivity (Wildman–Crippen MR) is 188 cm³/mol. The van der Waals surface area contributed by atoms with Gasteiger partial charge in [0.1, 0.15) is 11.6 Å². The van der Waals surface area contributed by atoms with E-state index in [4.69, 9.17) is 9.72 Å². The Bertz CT molecular complexity index is 2280. The first-order valence-electron chi connectivity index (χ1n) is 15.9. The number of para-hydroxylation sites is 3. The Labute approximate surface area is 294 Å². The molecule has 7 aromatic rings. The maximum atomic E-state index is 14.2. The maximum absolute atomic E-state index is 14.2. The van der Waals surface area contributed by atoms with E-state index in [2.05, 4.69) is 97.0 Å². The molecular formula is C41H32FN4OPt-3. The minimum absolute atomic E-state index is 0. The van der Waals surface area contributed by atoms with Crippen molar-refractivity contribution in [3.05, 3.63) is 151 Å². The van der Waals surface area contributed by atoms with Crippen molar-refractivity contribution in [3.8, 4) is 17.3 Å². The molecule has 2 aromatic heterocycles. The summed E-state index contributed by atoms with van der Waals surface area (Å²) >= 11 is 0. The van der Waals surface area contributed by atoms with Crippen molar-refractivity contribution in [2.24, 2.45) is 0 Å². The van der Waals surface area contributed by atoms with Crippen LogP contribution >= 0.6 is 0 Å². The van der Waals surface area contributed by atoms with Crippen LogP contribution in [0.1, 0.15) is 37.8 Å². The number of aryl methyl sites for hydroxylation is 1. The molecular weight excluding hydrogens is 779 g/mol.